The lowest BCUT2D eigenvalue weighted by Gasteiger charge is -2.09. The Hall–Kier alpha value is -2.01. The number of halogens is 1. The van der Waals surface area contributed by atoms with Crippen molar-refractivity contribution < 1.29 is 18.7 Å². The third-order valence-electron chi connectivity index (χ3n) is 2.60. The predicted molar refractivity (Wildman–Crippen MR) is 85.2 cm³/mol. The highest BCUT2D eigenvalue weighted by Gasteiger charge is 2.11. The zero-order valence-electron chi connectivity index (χ0n) is 12.2. The third-order valence-corrected chi connectivity index (χ3v) is 3.62. The van der Waals surface area contributed by atoms with Crippen LogP contribution in [0, 0.1) is 0 Å². The van der Waals surface area contributed by atoms with Crippen molar-refractivity contribution in [3.8, 4) is 0 Å². The summed E-state index contributed by atoms with van der Waals surface area (Å²) in [6, 6.07) is 5.73. The van der Waals surface area contributed by atoms with Crippen LogP contribution in [0.3, 0.4) is 0 Å². The van der Waals surface area contributed by atoms with Gasteiger partial charge >= 0.3 is 0 Å². The number of rotatable bonds is 6. The van der Waals surface area contributed by atoms with Gasteiger partial charge in [-0.3, -0.25) is 4.55 Å². The van der Waals surface area contributed by atoms with E-state index in [0.29, 0.717) is 12.2 Å². The van der Waals surface area contributed by atoms with Crippen molar-refractivity contribution >= 4 is 39.3 Å². The average Bonchev–Trinajstić information content (AvgIpc) is 2.44. The van der Waals surface area contributed by atoms with Crippen LogP contribution in [0.1, 0.15) is 6.92 Å². The lowest BCUT2D eigenvalue weighted by molar-refractivity contribution is -0.409. The second-order valence-electron chi connectivity index (χ2n) is 4.87. The van der Waals surface area contributed by atoms with Crippen LogP contribution in [-0.4, -0.2) is 40.5 Å². The van der Waals surface area contributed by atoms with Gasteiger partial charge in [0.2, 0.25) is 17.2 Å². The Kier molecular flexibility index (Phi) is 5.31. The van der Waals surface area contributed by atoms with Crippen LogP contribution < -0.4 is 16.4 Å². The van der Waals surface area contributed by atoms with Crippen molar-refractivity contribution in [1.82, 2.24) is 15.0 Å². The predicted octanol–water partition coefficient (Wildman–Crippen LogP) is 0.558. The number of quaternary nitrogens is 1. The lowest BCUT2D eigenvalue weighted by atomic mass is 10.3. The molecule has 0 aliphatic carbocycles. The summed E-state index contributed by atoms with van der Waals surface area (Å²) in [5, 5.41) is 5.75. The van der Waals surface area contributed by atoms with Crippen LogP contribution in [0.2, 0.25) is 5.28 Å². The van der Waals surface area contributed by atoms with Gasteiger partial charge in [-0.25, -0.2) is 0 Å². The minimum atomic E-state index is -4.29. The van der Waals surface area contributed by atoms with Gasteiger partial charge < -0.3 is 16.4 Å². The van der Waals surface area contributed by atoms with E-state index in [1.54, 1.807) is 6.07 Å². The molecule has 6 N–H and O–H groups in total. The van der Waals surface area contributed by atoms with E-state index in [1.807, 2.05) is 6.92 Å². The average molecular weight is 360 g/mol. The Morgan fingerprint density at radius 2 is 2.00 bits per heavy atom. The molecular formula is C12H16ClN6O3S+. The summed E-state index contributed by atoms with van der Waals surface area (Å²) in [6.07, 6.45) is 0. The molecule has 1 unspecified atom stereocenters. The lowest BCUT2D eigenvalue weighted by Crippen LogP contribution is -2.62. The van der Waals surface area contributed by atoms with E-state index in [4.69, 9.17) is 16.2 Å². The number of aromatic nitrogens is 3. The first kappa shape index (κ1) is 17.3. The number of anilines is 3. The summed E-state index contributed by atoms with van der Waals surface area (Å²) in [7, 11) is -4.29. The van der Waals surface area contributed by atoms with E-state index >= 15 is 0 Å². The maximum Gasteiger partial charge on any atom is 0.294 e. The molecule has 124 valence electrons. The van der Waals surface area contributed by atoms with E-state index < -0.39 is 10.1 Å². The maximum absolute atomic E-state index is 11.1. The van der Waals surface area contributed by atoms with Crippen LogP contribution in [0.4, 0.5) is 17.6 Å². The van der Waals surface area contributed by atoms with E-state index in [0.717, 1.165) is 0 Å². The molecular weight excluding hydrogens is 344 g/mol. The molecule has 1 aromatic heterocycles. The molecule has 2 aromatic rings. The molecule has 0 saturated heterocycles. The molecule has 0 spiro atoms. The fourth-order valence-electron chi connectivity index (χ4n) is 1.61. The smallest absolute Gasteiger partial charge is 0.294 e. The Bertz CT molecular complexity index is 799. The normalized spacial score (nSPS) is 12.7. The quantitative estimate of drug-likeness (QED) is 0.547. The van der Waals surface area contributed by atoms with Gasteiger partial charge in [0, 0.05) is 5.69 Å². The van der Waals surface area contributed by atoms with Crippen molar-refractivity contribution in [3.63, 3.8) is 0 Å². The Morgan fingerprint density at radius 3 is 2.65 bits per heavy atom. The maximum atomic E-state index is 11.1. The number of nitrogens with one attached hydrogen (secondary N) is 2. The summed E-state index contributed by atoms with van der Waals surface area (Å²) in [5.74, 6) is 0.408. The first-order valence-corrected chi connectivity index (χ1v) is 8.39. The molecule has 1 heterocycles. The van der Waals surface area contributed by atoms with Gasteiger partial charge in [-0.2, -0.15) is 23.4 Å². The topological polar surface area (TPSA) is 145 Å². The van der Waals surface area contributed by atoms with Gasteiger partial charge in [-0.15, -0.1) is 0 Å². The van der Waals surface area contributed by atoms with Gasteiger partial charge in [-0.05, 0) is 36.7 Å². The minimum absolute atomic E-state index is 0.0207. The van der Waals surface area contributed by atoms with Crippen molar-refractivity contribution in [2.45, 2.75) is 17.9 Å². The second-order valence-corrected chi connectivity index (χ2v) is 6.63. The molecule has 0 aliphatic heterocycles. The molecule has 0 bridgehead atoms. The van der Waals surface area contributed by atoms with Crippen molar-refractivity contribution in [2.24, 2.45) is 0 Å². The number of nitrogens with zero attached hydrogens (tertiary/aromatic N) is 3. The van der Waals surface area contributed by atoms with Crippen molar-refractivity contribution in [1.29, 1.82) is 0 Å². The summed E-state index contributed by atoms with van der Waals surface area (Å²) < 4.78 is 31.3. The van der Waals surface area contributed by atoms with Gasteiger partial charge in [-0.1, -0.05) is 6.07 Å². The molecule has 11 heteroatoms. The Balaban J connectivity index is 2.23. The highest BCUT2D eigenvalue weighted by Crippen LogP contribution is 2.19. The van der Waals surface area contributed by atoms with E-state index in [-0.39, 0.29) is 28.1 Å². The van der Waals surface area contributed by atoms with Gasteiger partial charge in [0.1, 0.15) is 0 Å². The van der Waals surface area contributed by atoms with E-state index in [2.05, 4.69) is 31.3 Å². The summed E-state index contributed by atoms with van der Waals surface area (Å²) in [5.41, 5.74) is 4.21. The fraction of sp³-hybridized carbons (Fsp3) is 0.250. The minimum Gasteiger partial charge on any atom is -0.354 e. The first-order chi connectivity index (χ1) is 10.7. The highest BCUT2D eigenvalue weighted by atomic mass is 35.5. The third kappa shape index (κ3) is 5.28. The summed E-state index contributed by atoms with van der Waals surface area (Å²) >= 11 is 5.84. The van der Waals surface area contributed by atoms with Crippen LogP contribution in [0.5, 0.6) is 0 Å². The first-order valence-electron chi connectivity index (χ1n) is 6.57. The zero-order chi connectivity index (χ0) is 17.0. The molecule has 1 atom stereocenters. The number of hydrogen-bond acceptors (Lipinski definition) is 7. The summed E-state index contributed by atoms with van der Waals surface area (Å²) in [4.78, 5) is 11.7. The fourth-order valence-corrected chi connectivity index (χ4v) is 2.30. The zero-order valence-corrected chi connectivity index (χ0v) is 13.8. The van der Waals surface area contributed by atoms with Crippen LogP contribution in [-0.2, 0) is 10.1 Å². The molecule has 0 aliphatic rings. The second kappa shape index (κ2) is 7.04. The molecule has 1 aromatic carbocycles. The number of benzene rings is 1. The molecule has 0 amide bonds. The van der Waals surface area contributed by atoms with Gasteiger partial charge in [0.25, 0.3) is 10.1 Å². The molecule has 23 heavy (non-hydrogen) atoms. The Morgan fingerprint density at radius 1 is 1.30 bits per heavy atom. The van der Waals surface area contributed by atoms with Crippen LogP contribution in [0.25, 0.3) is 0 Å². The Labute approximate surface area is 138 Å². The largest absolute Gasteiger partial charge is 0.354 e. The summed E-state index contributed by atoms with van der Waals surface area (Å²) in [6.45, 7) is 2.48. The molecule has 2 rings (SSSR count). The van der Waals surface area contributed by atoms with E-state index in [9.17, 15) is 8.42 Å². The number of hydrogen-bond donors (Lipinski definition) is 4. The van der Waals surface area contributed by atoms with Crippen molar-refractivity contribution in [3.05, 3.63) is 29.5 Å². The molecule has 9 nitrogen and oxygen atoms in total. The van der Waals surface area contributed by atoms with Gasteiger partial charge in [0.15, 0.2) is 0 Å². The standard InChI is InChI=1S/C12H15ClN6O3S/c1-7(14)6-15-11-17-10(13)18-12(19-11)16-8-3-2-4-9(5-8)23(20,21)22/h2-5,7H,6,14H2,1H3,(H,20,21,22)(H2,15,16,17,18,19)/p+1. The van der Waals surface area contributed by atoms with Crippen molar-refractivity contribution in [2.75, 3.05) is 17.2 Å². The monoisotopic (exact) mass is 359 g/mol. The van der Waals surface area contributed by atoms with Gasteiger partial charge in [0.05, 0.1) is 17.5 Å². The van der Waals surface area contributed by atoms with Crippen LogP contribution in [0.15, 0.2) is 29.2 Å². The highest BCUT2D eigenvalue weighted by molar-refractivity contribution is 7.85. The van der Waals surface area contributed by atoms with Crippen LogP contribution >= 0.6 is 11.6 Å². The molecule has 0 fully saturated rings. The molecule has 0 saturated carbocycles. The molecule has 0 radical (unpaired) electrons. The SMILES string of the molecule is CC([NH3+])CNc1nc(Cl)nc(Nc2cccc(S(=O)(=O)O)c2)n1. The van der Waals surface area contributed by atoms with E-state index in [1.165, 1.54) is 18.2 Å².